The van der Waals surface area contributed by atoms with Gasteiger partial charge in [-0.05, 0) is 50.8 Å². The minimum Gasteiger partial charge on any atom is -0.340 e. The Morgan fingerprint density at radius 3 is 2.45 bits per heavy atom. The standard InChI is InChI=1S/C24H21F2N3O4/c1-4-24(7-8-24)28-23(33)21(31)20-12(2)19(18-9-14(13(3)30)11-29(18)20)22(32)27-15-5-6-16(25)17(26)10-15/h1,5-6,10,14H,7-9,11H2,2-3H3,(H,27,32)(H,28,33). The zero-order chi connectivity index (χ0) is 24.1. The summed E-state index contributed by atoms with van der Waals surface area (Å²) < 4.78 is 28.3. The fraction of sp³-hybridized carbons (Fsp3) is 0.333. The maximum absolute atomic E-state index is 13.6. The van der Waals surface area contributed by atoms with Crippen molar-refractivity contribution in [3.63, 3.8) is 0 Å². The van der Waals surface area contributed by atoms with Crippen molar-refractivity contribution in [2.45, 2.75) is 45.2 Å². The van der Waals surface area contributed by atoms with E-state index in [1.54, 1.807) is 0 Å². The van der Waals surface area contributed by atoms with Crippen molar-refractivity contribution in [1.82, 2.24) is 9.88 Å². The molecule has 0 radical (unpaired) electrons. The summed E-state index contributed by atoms with van der Waals surface area (Å²) in [7, 11) is 0. The zero-order valence-electron chi connectivity index (χ0n) is 18.1. The van der Waals surface area contributed by atoms with Crippen LogP contribution in [0.4, 0.5) is 14.5 Å². The number of fused-ring (bicyclic) bond motifs is 1. The smallest absolute Gasteiger partial charge is 0.295 e. The summed E-state index contributed by atoms with van der Waals surface area (Å²) in [5.74, 6) is -2.67. The Labute approximate surface area is 188 Å². The minimum atomic E-state index is -1.13. The molecule has 1 aromatic carbocycles. The van der Waals surface area contributed by atoms with Gasteiger partial charge in [0.25, 0.3) is 17.6 Å². The lowest BCUT2D eigenvalue weighted by molar-refractivity contribution is -0.120. The SMILES string of the molecule is C#CC1(NC(=O)C(=O)c2c(C)c(C(=O)Nc3ccc(F)c(F)c3)c3n2CC(C(C)=O)C3)CC1. The highest BCUT2D eigenvalue weighted by molar-refractivity contribution is 6.43. The van der Waals surface area contributed by atoms with Crippen molar-refractivity contribution < 1.29 is 28.0 Å². The van der Waals surface area contributed by atoms with Gasteiger partial charge in [-0.1, -0.05) is 5.92 Å². The van der Waals surface area contributed by atoms with Crippen LogP contribution in [0, 0.1) is 36.8 Å². The highest BCUT2D eigenvalue weighted by atomic mass is 19.2. The molecule has 1 fully saturated rings. The third kappa shape index (κ3) is 3.93. The number of carbonyl (C=O) groups excluding carboxylic acids is 4. The highest BCUT2D eigenvalue weighted by Gasteiger charge is 2.45. The molecule has 7 nitrogen and oxygen atoms in total. The summed E-state index contributed by atoms with van der Waals surface area (Å²) in [6.45, 7) is 3.10. The predicted octanol–water partition coefficient (Wildman–Crippen LogP) is 2.55. The Bertz CT molecular complexity index is 1270. The van der Waals surface area contributed by atoms with E-state index in [0.29, 0.717) is 18.5 Å². The second-order valence-electron chi connectivity index (χ2n) is 8.51. The van der Waals surface area contributed by atoms with Crippen LogP contribution in [0.1, 0.15) is 51.9 Å². The van der Waals surface area contributed by atoms with Crippen molar-refractivity contribution >= 4 is 29.1 Å². The largest absolute Gasteiger partial charge is 0.340 e. The van der Waals surface area contributed by atoms with Crippen molar-refractivity contribution in [2.24, 2.45) is 5.92 Å². The normalized spacial score (nSPS) is 17.6. The Morgan fingerprint density at radius 2 is 1.88 bits per heavy atom. The van der Waals surface area contributed by atoms with Gasteiger partial charge in [-0.3, -0.25) is 19.2 Å². The summed E-state index contributed by atoms with van der Waals surface area (Å²) >= 11 is 0. The lowest BCUT2D eigenvalue weighted by atomic mass is 9.98. The summed E-state index contributed by atoms with van der Waals surface area (Å²) in [6, 6.07) is 2.92. The molecule has 1 saturated carbocycles. The zero-order valence-corrected chi connectivity index (χ0v) is 18.1. The summed E-state index contributed by atoms with van der Waals surface area (Å²) in [5, 5.41) is 5.07. The first kappa shape index (κ1) is 22.4. The number of terminal acetylenes is 1. The van der Waals surface area contributed by atoms with Crippen LogP contribution in [0.2, 0.25) is 0 Å². The van der Waals surface area contributed by atoms with E-state index in [4.69, 9.17) is 6.42 Å². The summed E-state index contributed by atoms with van der Waals surface area (Å²) in [4.78, 5) is 50.8. The lowest BCUT2D eigenvalue weighted by Crippen LogP contribution is -2.41. The number of halogens is 2. The Hall–Kier alpha value is -3.80. The molecule has 0 spiro atoms. The van der Waals surface area contributed by atoms with E-state index in [-0.39, 0.29) is 41.3 Å². The van der Waals surface area contributed by atoms with Crippen LogP contribution >= 0.6 is 0 Å². The van der Waals surface area contributed by atoms with Crippen molar-refractivity contribution in [2.75, 3.05) is 5.32 Å². The van der Waals surface area contributed by atoms with Crippen LogP contribution < -0.4 is 10.6 Å². The van der Waals surface area contributed by atoms with Gasteiger partial charge in [0.05, 0.1) is 11.3 Å². The number of nitrogens with zero attached hydrogens (tertiary/aromatic N) is 1. The number of amides is 2. The summed E-state index contributed by atoms with van der Waals surface area (Å²) in [5.41, 5.74) is 0.0253. The van der Waals surface area contributed by atoms with Crippen LogP contribution in [0.15, 0.2) is 18.2 Å². The van der Waals surface area contributed by atoms with Gasteiger partial charge in [0.15, 0.2) is 11.6 Å². The Kier molecular flexibility index (Phi) is 5.40. The van der Waals surface area contributed by atoms with Crippen molar-refractivity contribution in [3.8, 4) is 12.3 Å². The van der Waals surface area contributed by atoms with Crippen molar-refractivity contribution in [1.29, 1.82) is 0 Å². The molecule has 1 unspecified atom stereocenters. The van der Waals surface area contributed by atoms with Gasteiger partial charge < -0.3 is 15.2 Å². The first-order chi connectivity index (χ1) is 15.6. The molecule has 2 amide bonds. The topological polar surface area (TPSA) is 97.3 Å². The van der Waals surface area contributed by atoms with Gasteiger partial charge in [0, 0.05) is 29.9 Å². The third-order valence-corrected chi connectivity index (χ3v) is 6.24. The number of ketones is 2. The van der Waals surface area contributed by atoms with E-state index in [9.17, 15) is 28.0 Å². The summed E-state index contributed by atoms with van der Waals surface area (Å²) in [6.07, 6.45) is 6.79. The second kappa shape index (κ2) is 7.96. The van der Waals surface area contributed by atoms with Crippen LogP contribution in [-0.2, 0) is 22.6 Å². The molecule has 1 aliphatic heterocycles. The molecular formula is C24H21F2N3O4. The maximum Gasteiger partial charge on any atom is 0.295 e. The molecule has 2 heterocycles. The molecule has 4 rings (SSSR count). The molecule has 2 aromatic rings. The van der Waals surface area contributed by atoms with E-state index in [2.05, 4.69) is 16.6 Å². The number of rotatable bonds is 6. The van der Waals surface area contributed by atoms with Gasteiger partial charge in [0.2, 0.25) is 0 Å². The molecular weight excluding hydrogens is 432 g/mol. The van der Waals surface area contributed by atoms with E-state index >= 15 is 0 Å². The monoisotopic (exact) mass is 453 g/mol. The van der Waals surface area contributed by atoms with E-state index in [0.717, 1.165) is 12.1 Å². The molecule has 0 saturated heterocycles. The van der Waals surface area contributed by atoms with Crippen LogP contribution in [0.5, 0.6) is 0 Å². The molecule has 1 aromatic heterocycles. The van der Waals surface area contributed by atoms with Gasteiger partial charge in [-0.2, -0.15) is 0 Å². The molecule has 1 aliphatic carbocycles. The predicted molar refractivity (Wildman–Crippen MR) is 115 cm³/mol. The number of anilines is 1. The minimum absolute atomic E-state index is 0.00880. The highest BCUT2D eigenvalue weighted by Crippen LogP contribution is 2.36. The Balaban J connectivity index is 1.71. The molecule has 9 heteroatoms. The van der Waals surface area contributed by atoms with Gasteiger partial charge in [-0.25, -0.2) is 8.78 Å². The van der Waals surface area contributed by atoms with E-state index in [1.165, 1.54) is 24.5 Å². The molecule has 2 aliphatic rings. The first-order valence-electron chi connectivity index (χ1n) is 10.4. The number of Topliss-reactive ketones (excluding diaryl/α,β-unsaturated/α-hetero) is 2. The van der Waals surface area contributed by atoms with Crippen LogP contribution in [-0.4, -0.2) is 33.5 Å². The molecule has 1 atom stereocenters. The fourth-order valence-electron chi connectivity index (χ4n) is 4.19. The van der Waals surface area contributed by atoms with Crippen molar-refractivity contribution in [3.05, 3.63) is 52.3 Å². The van der Waals surface area contributed by atoms with Gasteiger partial charge in [0.1, 0.15) is 11.3 Å². The van der Waals surface area contributed by atoms with E-state index in [1.807, 2.05) is 0 Å². The number of nitrogens with one attached hydrogen (secondary N) is 2. The molecule has 170 valence electrons. The molecule has 2 N–H and O–H groups in total. The van der Waals surface area contributed by atoms with Gasteiger partial charge >= 0.3 is 0 Å². The maximum atomic E-state index is 13.6. The van der Waals surface area contributed by atoms with Crippen LogP contribution in [0.3, 0.4) is 0 Å². The number of benzene rings is 1. The average Bonchev–Trinajstić information content (AvgIpc) is 3.31. The number of aromatic nitrogens is 1. The molecule has 0 bridgehead atoms. The average molecular weight is 453 g/mol. The second-order valence-corrected chi connectivity index (χ2v) is 8.51. The van der Waals surface area contributed by atoms with E-state index < -0.39 is 40.7 Å². The van der Waals surface area contributed by atoms with Gasteiger partial charge in [-0.15, -0.1) is 6.42 Å². The number of hydrogen-bond donors (Lipinski definition) is 2. The first-order valence-corrected chi connectivity index (χ1v) is 10.4. The Morgan fingerprint density at radius 1 is 1.18 bits per heavy atom. The quantitative estimate of drug-likeness (QED) is 0.399. The third-order valence-electron chi connectivity index (χ3n) is 6.24. The molecule has 33 heavy (non-hydrogen) atoms. The number of hydrogen-bond acceptors (Lipinski definition) is 4. The fourth-order valence-corrected chi connectivity index (χ4v) is 4.19. The lowest BCUT2D eigenvalue weighted by Gasteiger charge is -2.12. The van der Waals surface area contributed by atoms with Crippen LogP contribution in [0.25, 0.3) is 0 Å². The number of carbonyl (C=O) groups is 4.